The fraction of sp³-hybridized carbons (Fsp3) is 0.350. The third kappa shape index (κ3) is 3.83. The van der Waals surface area contributed by atoms with Gasteiger partial charge in [0.15, 0.2) is 5.01 Å². The van der Waals surface area contributed by atoms with Crippen molar-refractivity contribution < 1.29 is 4.79 Å². The zero-order valence-electron chi connectivity index (χ0n) is 17.3. The SMILES string of the molecule is Cc1cnc(C(=O)Nc2csc(-c3nnnn3C(C)C)n2)cc1-n1cnc(C2CC2)c1. The number of aromatic nitrogens is 8. The number of thiazole rings is 1. The van der Waals surface area contributed by atoms with E-state index < -0.39 is 0 Å². The lowest BCUT2D eigenvalue weighted by Gasteiger charge is -2.09. The van der Waals surface area contributed by atoms with Crippen molar-refractivity contribution in [1.82, 2.24) is 39.7 Å². The molecule has 1 amide bonds. The van der Waals surface area contributed by atoms with Gasteiger partial charge in [-0.1, -0.05) is 0 Å². The van der Waals surface area contributed by atoms with Crippen LogP contribution in [0.25, 0.3) is 16.5 Å². The van der Waals surface area contributed by atoms with Gasteiger partial charge in [-0.05, 0) is 55.7 Å². The number of rotatable bonds is 6. The summed E-state index contributed by atoms with van der Waals surface area (Å²) >= 11 is 1.37. The number of anilines is 1. The summed E-state index contributed by atoms with van der Waals surface area (Å²) in [5.41, 5.74) is 3.26. The smallest absolute Gasteiger partial charge is 0.275 e. The highest BCUT2D eigenvalue weighted by molar-refractivity contribution is 7.13. The standard InChI is InChI=1S/C20H21N9OS/c1-11(2)29-18(25-26-27-29)20-24-17(9-31-20)23-19(30)14-6-16(12(3)7-21-14)28-8-15(22-10-28)13-4-5-13/h6-11,13H,4-5H2,1-3H3,(H,23,30). The highest BCUT2D eigenvalue weighted by Gasteiger charge is 2.26. The third-order valence-corrected chi connectivity index (χ3v) is 5.94. The van der Waals surface area contributed by atoms with Gasteiger partial charge in [-0.25, -0.2) is 14.6 Å². The molecule has 31 heavy (non-hydrogen) atoms. The Kier molecular flexibility index (Phi) is 4.81. The van der Waals surface area contributed by atoms with E-state index in [-0.39, 0.29) is 11.9 Å². The summed E-state index contributed by atoms with van der Waals surface area (Å²) in [6, 6.07) is 1.88. The van der Waals surface area contributed by atoms with Gasteiger partial charge in [-0.3, -0.25) is 9.78 Å². The van der Waals surface area contributed by atoms with Gasteiger partial charge >= 0.3 is 0 Å². The van der Waals surface area contributed by atoms with Crippen molar-refractivity contribution in [2.24, 2.45) is 0 Å². The maximum absolute atomic E-state index is 12.8. The van der Waals surface area contributed by atoms with Crippen molar-refractivity contribution in [3.63, 3.8) is 0 Å². The van der Waals surface area contributed by atoms with Gasteiger partial charge in [0, 0.05) is 23.7 Å². The highest BCUT2D eigenvalue weighted by atomic mass is 32.1. The first-order chi connectivity index (χ1) is 15.0. The molecule has 1 N–H and O–H groups in total. The number of hydrogen-bond donors (Lipinski definition) is 1. The lowest BCUT2D eigenvalue weighted by Crippen LogP contribution is -2.15. The van der Waals surface area contributed by atoms with E-state index >= 15 is 0 Å². The normalized spacial score (nSPS) is 13.7. The second kappa shape index (κ2) is 7.65. The molecule has 4 heterocycles. The van der Waals surface area contributed by atoms with E-state index in [2.05, 4.69) is 35.8 Å². The molecule has 10 nitrogen and oxygen atoms in total. The van der Waals surface area contributed by atoms with Crippen molar-refractivity contribution in [1.29, 1.82) is 0 Å². The van der Waals surface area contributed by atoms with Crippen molar-refractivity contribution in [2.45, 2.75) is 45.6 Å². The first-order valence-electron chi connectivity index (χ1n) is 10.1. The van der Waals surface area contributed by atoms with Crippen molar-refractivity contribution >= 4 is 23.1 Å². The second-order valence-corrected chi connectivity index (χ2v) is 8.73. The molecule has 0 unspecified atom stereocenters. The Balaban J connectivity index is 1.36. The quantitative estimate of drug-likeness (QED) is 0.493. The Morgan fingerprint density at radius 3 is 2.90 bits per heavy atom. The largest absolute Gasteiger partial charge is 0.306 e. The van der Waals surface area contributed by atoms with Crippen molar-refractivity contribution in [3.8, 4) is 16.5 Å². The van der Waals surface area contributed by atoms with E-state index in [1.807, 2.05) is 31.5 Å². The molecule has 1 fully saturated rings. The van der Waals surface area contributed by atoms with Crippen LogP contribution in [0.3, 0.4) is 0 Å². The molecule has 1 saturated carbocycles. The molecule has 4 aromatic heterocycles. The minimum Gasteiger partial charge on any atom is -0.306 e. The van der Waals surface area contributed by atoms with Crippen LogP contribution in [0.4, 0.5) is 5.82 Å². The molecule has 0 radical (unpaired) electrons. The van der Waals surface area contributed by atoms with Gasteiger partial charge < -0.3 is 9.88 Å². The van der Waals surface area contributed by atoms with Crippen LogP contribution < -0.4 is 5.32 Å². The van der Waals surface area contributed by atoms with Crippen LogP contribution in [0, 0.1) is 6.92 Å². The zero-order chi connectivity index (χ0) is 21.5. The van der Waals surface area contributed by atoms with Crippen LogP contribution in [-0.2, 0) is 0 Å². The Morgan fingerprint density at radius 1 is 1.29 bits per heavy atom. The number of amides is 1. The summed E-state index contributed by atoms with van der Waals surface area (Å²) in [5.74, 6) is 1.25. The number of aryl methyl sites for hydroxylation is 1. The fourth-order valence-electron chi connectivity index (χ4n) is 3.27. The number of nitrogens with one attached hydrogen (secondary N) is 1. The average Bonchev–Trinajstić information content (AvgIpc) is 3.14. The summed E-state index contributed by atoms with van der Waals surface area (Å²) in [6.07, 6.45) is 7.92. The highest BCUT2D eigenvalue weighted by Crippen LogP contribution is 2.39. The Bertz CT molecular complexity index is 1250. The molecular weight excluding hydrogens is 414 g/mol. The van der Waals surface area contributed by atoms with Gasteiger partial charge in [-0.2, -0.15) is 0 Å². The van der Waals surface area contributed by atoms with E-state index in [9.17, 15) is 4.79 Å². The number of nitrogens with zero attached hydrogens (tertiary/aromatic N) is 8. The molecule has 1 aliphatic carbocycles. The Hall–Kier alpha value is -3.47. The van der Waals surface area contributed by atoms with Crippen LogP contribution in [0.1, 0.15) is 60.4 Å². The number of hydrogen-bond acceptors (Lipinski definition) is 8. The first kappa shape index (κ1) is 19.5. The lowest BCUT2D eigenvalue weighted by atomic mass is 10.2. The zero-order valence-corrected chi connectivity index (χ0v) is 18.2. The summed E-state index contributed by atoms with van der Waals surface area (Å²) in [5, 5.41) is 17.0. The van der Waals surface area contributed by atoms with Gasteiger partial charge in [0.1, 0.15) is 11.5 Å². The number of carbonyl (C=O) groups excluding carboxylic acids is 1. The summed E-state index contributed by atoms with van der Waals surface area (Å²) in [7, 11) is 0. The molecule has 4 aromatic rings. The molecule has 5 rings (SSSR count). The molecule has 0 aromatic carbocycles. The van der Waals surface area contributed by atoms with Gasteiger partial charge in [-0.15, -0.1) is 16.4 Å². The number of pyridine rings is 1. The van der Waals surface area contributed by atoms with Crippen LogP contribution in [0.5, 0.6) is 0 Å². The molecule has 11 heteroatoms. The van der Waals surface area contributed by atoms with Gasteiger partial charge in [0.25, 0.3) is 5.91 Å². The predicted molar refractivity (Wildman–Crippen MR) is 115 cm³/mol. The molecule has 0 atom stereocenters. The third-order valence-electron chi connectivity index (χ3n) is 5.10. The molecule has 0 saturated heterocycles. The van der Waals surface area contributed by atoms with Crippen molar-refractivity contribution in [2.75, 3.05) is 5.32 Å². The maximum atomic E-state index is 12.8. The summed E-state index contributed by atoms with van der Waals surface area (Å²) < 4.78 is 3.65. The topological polar surface area (TPSA) is 116 Å². The van der Waals surface area contributed by atoms with Crippen LogP contribution in [0.2, 0.25) is 0 Å². The van der Waals surface area contributed by atoms with Crippen LogP contribution >= 0.6 is 11.3 Å². The van der Waals surface area contributed by atoms with E-state index in [4.69, 9.17) is 0 Å². The van der Waals surface area contributed by atoms with Crippen LogP contribution in [0.15, 0.2) is 30.2 Å². The van der Waals surface area contributed by atoms with E-state index in [0.29, 0.717) is 28.3 Å². The second-order valence-electron chi connectivity index (χ2n) is 7.87. The minimum atomic E-state index is -0.330. The van der Waals surface area contributed by atoms with E-state index in [1.165, 1.54) is 24.2 Å². The van der Waals surface area contributed by atoms with Crippen LogP contribution in [-0.4, -0.2) is 45.6 Å². The predicted octanol–water partition coefficient (Wildman–Crippen LogP) is 3.40. The monoisotopic (exact) mass is 435 g/mol. The van der Waals surface area contributed by atoms with E-state index in [0.717, 1.165) is 16.9 Å². The molecule has 0 spiro atoms. The van der Waals surface area contributed by atoms with Gasteiger partial charge in [0.2, 0.25) is 5.82 Å². The van der Waals surface area contributed by atoms with Crippen molar-refractivity contribution in [3.05, 3.63) is 47.1 Å². The molecule has 158 valence electrons. The number of carbonyl (C=O) groups is 1. The van der Waals surface area contributed by atoms with E-state index in [1.54, 1.807) is 28.7 Å². The number of tetrazole rings is 1. The average molecular weight is 436 g/mol. The summed E-state index contributed by atoms with van der Waals surface area (Å²) in [4.78, 5) is 26.1. The molecular formula is C20H21N9OS. The lowest BCUT2D eigenvalue weighted by molar-refractivity contribution is 0.102. The summed E-state index contributed by atoms with van der Waals surface area (Å²) in [6.45, 7) is 5.95. The Morgan fingerprint density at radius 2 is 2.13 bits per heavy atom. The minimum absolute atomic E-state index is 0.103. The molecule has 1 aliphatic rings. The fourth-order valence-corrected chi connectivity index (χ4v) is 4.00. The van der Waals surface area contributed by atoms with Gasteiger partial charge in [0.05, 0.1) is 23.8 Å². The Labute approximate surface area is 182 Å². The molecule has 0 bridgehead atoms. The maximum Gasteiger partial charge on any atom is 0.275 e. The molecule has 0 aliphatic heterocycles. The first-order valence-corrected chi connectivity index (χ1v) is 10.9. The number of imidazole rings is 1.